The Morgan fingerprint density at radius 1 is 1.00 bits per heavy atom. The average Bonchev–Trinajstić information content (AvgIpc) is 2.51. The Hall–Kier alpha value is -0.770. The van der Waals surface area contributed by atoms with Crippen LogP contribution in [0.3, 0.4) is 0 Å². The minimum absolute atomic E-state index is 0. The second kappa shape index (κ2) is 10.1. The van der Waals surface area contributed by atoms with Gasteiger partial charge in [0, 0.05) is 37.8 Å². The van der Waals surface area contributed by atoms with Crippen molar-refractivity contribution >= 4 is 24.8 Å². The fraction of sp³-hybridized carbons (Fsp3) is 0.625. The van der Waals surface area contributed by atoms with Crippen LogP contribution >= 0.6 is 24.8 Å². The number of hydrogen-bond donors (Lipinski definition) is 1. The maximum absolute atomic E-state index is 14.5. The van der Waals surface area contributed by atoms with E-state index >= 15 is 0 Å². The number of piperazine rings is 1. The van der Waals surface area contributed by atoms with Gasteiger partial charge in [-0.2, -0.15) is 26.3 Å². The zero-order valence-electron chi connectivity index (χ0n) is 14.4. The molecule has 0 radical (unpaired) electrons. The van der Waals surface area contributed by atoms with E-state index in [4.69, 9.17) is 0 Å². The van der Waals surface area contributed by atoms with Crippen LogP contribution in [0.15, 0.2) is 12.1 Å². The molecule has 0 saturated carbocycles. The minimum Gasteiger partial charge on any atom is -0.314 e. The van der Waals surface area contributed by atoms with Crippen LogP contribution in [-0.2, 0) is 12.4 Å². The van der Waals surface area contributed by atoms with Gasteiger partial charge in [0.05, 0.1) is 11.1 Å². The molecule has 1 N–H and O–H groups in total. The van der Waals surface area contributed by atoms with Crippen molar-refractivity contribution in [3.05, 3.63) is 34.6 Å². The predicted octanol–water partition coefficient (Wildman–Crippen LogP) is 5.45. The molecule has 1 aromatic rings. The molecule has 1 aliphatic heterocycles. The summed E-state index contributed by atoms with van der Waals surface area (Å²) >= 11 is 0. The first-order valence-electron chi connectivity index (χ1n) is 7.98. The van der Waals surface area contributed by atoms with Gasteiger partial charge >= 0.3 is 12.4 Å². The molecule has 0 aromatic heterocycles. The van der Waals surface area contributed by atoms with Gasteiger partial charge in [-0.15, -0.1) is 24.8 Å². The lowest BCUT2D eigenvalue weighted by atomic mass is 9.92. The van der Waals surface area contributed by atoms with E-state index in [9.17, 15) is 30.7 Å². The summed E-state index contributed by atoms with van der Waals surface area (Å²) in [6.45, 7) is 3.61. The highest BCUT2D eigenvalue weighted by molar-refractivity contribution is 5.85. The molecular formula is C16H21Cl2F7N2. The molecule has 158 valence electrons. The molecule has 2 nitrogen and oxygen atoms in total. The maximum Gasteiger partial charge on any atom is 0.416 e. The fourth-order valence-electron chi connectivity index (χ4n) is 3.13. The molecule has 1 aliphatic rings. The van der Waals surface area contributed by atoms with Crippen LogP contribution < -0.4 is 5.32 Å². The summed E-state index contributed by atoms with van der Waals surface area (Å²) in [5.74, 6) is -1.46. The fourth-order valence-corrected chi connectivity index (χ4v) is 3.13. The van der Waals surface area contributed by atoms with Crippen LogP contribution in [-0.4, -0.2) is 31.1 Å². The van der Waals surface area contributed by atoms with Crippen LogP contribution in [0.1, 0.15) is 42.5 Å². The lowest BCUT2D eigenvalue weighted by molar-refractivity contribution is -0.144. The topological polar surface area (TPSA) is 15.3 Å². The monoisotopic (exact) mass is 444 g/mol. The highest BCUT2D eigenvalue weighted by Crippen LogP contribution is 2.42. The van der Waals surface area contributed by atoms with E-state index in [-0.39, 0.29) is 43.4 Å². The highest BCUT2D eigenvalue weighted by Gasteiger charge is 2.42. The van der Waals surface area contributed by atoms with Gasteiger partial charge in [0.15, 0.2) is 0 Å². The number of rotatable bonds is 4. The largest absolute Gasteiger partial charge is 0.416 e. The Labute approximate surface area is 165 Å². The second-order valence-electron chi connectivity index (χ2n) is 6.01. The van der Waals surface area contributed by atoms with Crippen molar-refractivity contribution in [3.63, 3.8) is 0 Å². The first-order chi connectivity index (χ1) is 11.6. The molecule has 0 bridgehead atoms. The van der Waals surface area contributed by atoms with Gasteiger partial charge < -0.3 is 5.32 Å². The van der Waals surface area contributed by atoms with Crippen molar-refractivity contribution in [3.8, 4) is 0 Å². The van der Waals surface area contributed by atoms with Gasteiger partial charge in [-0.1, -0.05) is 13.3 Å². The summed E-state index contributed by atoms with van der Waals surface area (Å²) in [6.07, 6.45) is -9.41. The number of nitrogens with zero attached hydrogens (tertiary/aromatic N) is 1. The first-order valence-corrected chi connectivity index (χ1v) is 7.98. The van der Waals surface area contributed by atoms with Crippen molar-refractivity contribution in [2.45, 2.75) is 38.2 Å². The molecule has 11 heteroatoms. The number of hydrogen-bond acceptors (Lipinski definition) is 2. The van der Waals surface area contributed by atoms with Crippen LogP contribution in [0, 0.1) is 5.82 Å². The van der Waals surface area contributed by atoms with Crippen molar-refractivity contribution < 1.29 is 30.7 Å². The number of nitrogens with one attached hydrogen (secondary N) is 1. The van der Waals surface area contributed by atoms with Crippen LogP contribution in [0.5, 0.6) is 0 Å². The summed E-state index contributed by atoms with van der Waals surface area (Å²) in [7, 11) is 0. The van der Waals surface area contributed by atoms with Gasteiger partial charge in [0.25, 0.3) is 0 Å². The molecule has 1 aromatic carbocycles. The molecule has 1 heterocycles. The quantitative estimate of drug-likeness (QED) is 0.620. The Bertz CT molecular complexity index is 600. The van der Waals surface area contributed by atoms with E-state index in [1.54, 1.807) is 11.8 Å². The predicted molar refractivity (Wildman–Crippen MR) is 93.0 cm³/mol. The molecule has 0 spiro atoms. The summed E-state index contributed by atoms with van der Waals surface area (Å²) < 4.78 is 93.1. The minimum atomic E-state index is -5.07. The van der Waals surface area contributed by atoms with E-state index < -0.39 is 40.9 Å². The molecule has 27 heavy (non-hydrogen) atoms. The molecular weight excluding hydrogens is 424 g/mol. The number of benzene rings is 1. The Balaban J connectivity index is 0.00000338. The SMILES string of the molecule is CCC[C@@H](c1c(F)cc(C(F)(F)F)cc1C(F)(F)F)N1CCNCC1.Cl.Cl. The number of halogens is 9. The van der Waals surface area contributed by atoms with Crippen molar-refractivity contribution in [2.24, 2.45) is 0 Å². The van der Waals surface area contributed by atoms with Crippen LogP contribution in [0.4, 0.5) is 30.7 Å². The molecule has 0 aliphatic carbocycles. The Morgan fingerprint density at radius 3 is 2.00 bits per heavy atom. The average molecular weight is 445 g/mol. The van der Waals surface area contributed by atoms with Crippen molar-refractivity contribution in [1.82, 2.24) is 10.2 Å². The molecule has 0 unspecified atom stereocenters. The third kappa shape index (κ3) is 6.37. The molecule has 0 amide bonds. The molecule has 1 fully saturated rings. The standard InChI is InChI=1S/C16H19F7N2.2ClH/c1-2-3-13(25-6-4-24-5-7-25)14-11(16(21,22)23)8-10(9-12(14)17)15(18,19)20;;/h8-9,13,24H,2-7H2,1H3;2*1H/t13-;;/m0../s1. The second-order valence-corrected chi connectivity index (χ2v) is 6.01. The van der Waals surface area contributed by atoms with Crippen molar-refractivity contribution in [1.29, 1.82) is 0 Å². The van der Waals surface area contributed by atoms with Gasteiger partial charge in [-0.25, -0.2) is 4.39 Å². The highest BCUT2D eigenvalue weighted by atomic mass is 35.5. The smallest absolute Gasteiger partial charge is 0.314 e. The summed E-state index contributed by atoms with van der Waals surface area (Å²) in [5, 5.41) is 3.05. The lowest BCUT2D eigenvalue weighted by Gasteiger charge is -2.36. The van der Waals surface area contributed by atoms with Gasteiger partial charge in [-0.3, -0.25) is 4.90 Å². The Morgan fingerprint density at radius 2 is 1.56 bits per heavy atom. The van der Waals surface area contributed by atoms with E-state index in [0.717, 1.165) is 0 Å². The maximum atomic E-state index is 14.5. The lowest BCUT2D eigenvalue weighted by Crippen LogP contribution is -2.45. The van der Waals surface area contributed by atoms with Crippen molar-refractivity contribution in [2.75, 3.05) is 26.2 Å². The number of alkyl halides is 6. The summed E-state index contributed by atoms with van der Waals surface area (Å²) in [4.78, 5) is 1.70. The van der Waals surface area contributed by atoms with Gasteiger partial charge in [0.2, 0.25) is 0 Å². The molecule has 1 saturated heterocycles. The van der Waals surface area contributed by atoms with E-state index in [1.165, 1.54) is 0 Å². The van der Waals surface area contributed by atoms with E-state index in [2.05, 4.69) is 5.32 Å². The van der Waals surface area contributed by atoms with E-state index in [1.807, 2.05) is 0 Å². The third-order valence-corrected chi connectivity index (χ3v) is 4.25. The van der Waals surface area contributed by atoms with Crippen LogP contribution in [0.2, 0.25) is 0 Å². The van der Waals surface area contributed by atoms with Gasteiger partial charge in [0.1, 0.15) is 5.82 Å². The summed E-state index contributed by atoms with van der Waals surface area (Å²) in [5.41, 5.74) is -3.86. The third-order valence-electron chi connectivity index (χ3n) is 4.25. The molecule has 2 rings (SSSR count). The van der Waals surface area contributed by atoms with E-state index in [0.29, 0.717) is 32.6 Å². The zero-order valence-corrected chi connectivity index (χ0v) is 16.0. The zero-order chi connectivity index (χ0) is 18.8. The van der Waals surface area contributed by atoms with Gasteiger partial charge in [-0.05, 0) is 18.6 Å². The van der Waals surface area contributed by atoms with Crippen LogP contribution in [0.25, 0.3) is 0 Å². The summed E-state index contributed by atoms with van der Waals surface area (Å²) in [6, 6.07) is -0.732. The first kappa shape index (κ1) is 26.2. The normalized spacial score (nSPS) is 17.0. The molecule has 1 atom stereocenters. The Kier molecular flexibility index (Phi) is 9.85.